The van der Waals surface area contributed by atoms with Crippen LogP contribution in [0, 0.1) is 28.3 Å². The van der Waals surface area contributed by atoms with E-state index in [0.717, 1.165) is 18.9 Å². The molecule has 0 fully saturated rings. The lowest BCUT2D eigenvalue weighted by Gasteiger charge is -2.06. The Hall–Kier alpha value is -2.09. The van der Waals surface area contributed by atoms with Crippen molar-refractivity contribution in [3.63, 3.8) is 0 Å². The topological polar surface area (TPSA) is 55.2 Å². The summed E-state index contributed by atoms with van der Waals surface area (Å²) in [6.45, 7) is 0.578. The van der Waals surface area contributed by atoms with Gasteiger partial charge in [0.25, 0.3) is 5.69 Å². The summed E-state index contributed by atoms with van der Waals surface area (Å²) in [6.07, 6.45) is 7.47. The molecule has 0 atom stereocenters. The van der Waals surface area contributed by atoms with Crippen LogP contribution in [0.1, 0.15) is 19.3 Å². The molecule has 0 unspecified atom stereocenters. The van der Waals surface area contributed by atoms with E-state index in [-0.39, 0.29) is 5.69 Å². The number of terminal acetylenes is 1. The van der Waals surface area contributed by atoms with Crippen LogP contribution in [-0.2, 0) is 0 Å². The van der Waals surface area contributed by atoms with Gasteiger partial charge in [0.05, 0.1) is 11.0 Å². The lowest BCUT2D eigenvalue weighted by Crippen LogP contribution is -2.04. The smallest absolute Gasteiger partial charge is 0.295 e. The van der Waals surface area contributed by atoms with Gasteiger partial charge in [-0.25, -0.2) is 4.39 Å². The van der Waals surface area contributed by atoms with Crippen LogP contribution in [0.2, 0.25) is 0 Å². The number of nitrogens with zero attached hydrogens (tertiary/aromatic N) is 1. The third-order valence-corrected chi connectivity index (χ3v) is 2.22. The van der Waals surface area contributed by atoms with Gasteiger partial charge in [0.15, 0.2) is 0 Å². The predicted molar refractivity (Wildman–Crippen MR) is 64.2 cm³/mol. The van der Waals surface area contributed by atoms with Crippen molar-refractivity contribution in [3.8, 4) is 12.3 Å². The van der Waals surface area contributed by atoms with E-state index in [1.54, 1.807) is 0 Å². The van der Waals surface area contributed by atoms with Crippen molar-refractivity contribution in [3.05, 3.63) is 34.1 Å². The molecule has 5 heteroatoms. The summed E-state index contributed by atoms with van der Waals surface area (Å²) in [5.74, 6) is 1.90. The van der Waals surface area contributed by atoms with Gasteiger partial charge in [-0.05, 0) is 25.0 Å². The molecule has 0 heterocycles. The van der Waals surface area contributed by atoms with Crippen molar-refractivity contribution in [2.75, 3.05) is 11.9 Å². The SMILES string of the molecule is C#CCCCCNc1ccc(F)cc1[N+](=O)[O-]. The van der Waals surface area contributed by atoms with Crippen molar-refractivity contribution in [2.45, 2.75) is 19.3 Å². The number of halogens is 1. The summed E-state index contributed by atoms with van der Waals surface area (Å²) in [5, 5.41) is 13.6. The monoisotopic (exact) mass is 236 g/mol. The average molecular weight is 236 g/mol. The Kier molecular flexibility index (Phi) is 4.95. The molecule has 4 nitrogen and oxygen atoms in total. The molecule has 1 N–H and O–H groups in total. The van der Waals surface area contributed by atoms with Gasteiger partial charge in [-0.2, -0.15) is 0 Å². The zero-order chi connectivity index (χ0) is 12.7. The van der Waals surface area contributed by atoms with E-state index < -0.39 is 10.7 Å². The molecule has 0 saturated heterocycles. The van der Waals surface area contributed by atoms with E-state index >= 15 is 0 Å². The Bertz CT molecular complexity index is 441. The highest BCUT2D eigenvalue weighted by Gasteiger charge is 2.13. The molecule has 0 bridgehead atoms. The molecule has 1 rings (SSSR count). The van der Waals surface area contributed by atoms with E-state index in [1.165, 1.54) is 12.1 Å². The highest BCUT2D eigenvalue weighted by atomic mass is 19.1. The zero-order valence-electron chi connectivity index (χ0n) is 9.28. The third kappa shape index (κ3) is 4.11. The average Bonchev–Trinajstić information content (AvgIpc) is 2.30. The van der Waals surface area contributed by atoms with Crippen LogP contribution in [0.5, 0.6) is 0 Å². The molecule has 17 heavy (non-hydrogen) atoms. The first kappa shape index (κ1) is 13.0. The fraction of sp³-hybridized carbons (Fsp3) is 0.333. The van der Waals surface area contributed by atoms with E-state index in [0.29, 0.717) is 18.7 Å². The predicted octanol–water partition coefficient (Wildman–Crippen LogP) is 2.95. The van der Waals surface area contributed by atoms with Crippen LogP contribution in [-0.4, -0.2) is 11.5 Å². The van der Waals surface area contributed by atoms with Crippen LogP contribution in [0.3, 0.4) is 0 Å². The minimum Gasteiger partial charge on any atom is -0.379 e. The first-order valence-corrected chi connectivity index (χ1v) is 5.26. The van der Waals surface area contributed by atoms with Gasteiger partial charge in [-0.3, -0.25) is 10.1 Å². The second-order valence-electron chi connectivity index (χ2n) is 3.51. The first-order valence-electron chi connectivity index (χ1n) is 5.26. The summed E-state index contributed by atoms with van der Waals surface area (Å²) in [6, 6.07) is 3.47. The molecule has 0 aliphatic rings. The molecular formula is C12H13FN2O2. The lowest BCUT2D eigenvalue weighted by atomic mass is 10.2. The quantitative estimate of drug-likeness (QED) is 0.357. The standard InChI is InChI=1S/C12H13FN2O2/c1-2-3-4-5-8-14-11-7-6-10(13)9-12(11)15(16)17/h1,6-7,9,14H,3-5,8H2. The molecular weight excluding hydrogens is 223 g/mol. The van der Waals surface area contributed by atoms with E-state index in [4.69, 9.17) is 6.42 Å². The highest BCUT2D eigenvalue weighted by molar-refractivity contribution is 5.61. The van der Waals surface area contributed by atoms with Crippen LogP contribution >= 0.6 is 0 Å². The van der Waals surface area contributed by atoms with E-state index in [9.17, 15) is 14.5 Å². The summed E-state index contributed by atoms with van der Waals surface area (Å²) in [4.78, 5) is 10.1. The maximum Gasteiger partial charge on any atom is 0.295 e. The normalized spacial score (nSPS) is 9.65. The number of hydrogen-bond donors (Lipinski definition) is 1. The van der Waals surface area contributed by atoms with Crippen LogP contribution in [0.15, 0.2) is 18.2 Å². The Morgan fingerprint density at radius 2 is 2.24 bits per heavy atom. The Morgan fingerprint density at radius 3 is 2.88 bits per heavy atom. The highest BCUT2D eigenvalue weighted by Crippen LogP contribution is 2.24. The van der Waals surface area contributed by atoms with Crippen molar-refractivity contribution in [1.29, 1.82) is 0 Å². The van der Waals surface area contributed by atoms with Crippen molar-refractivity contribution >= 4 is 11.4 Å². The van der Waals surface area contributed by atoms with Gasteiger partial charge in [0.2, 0.25) is 0 Å². The molecule has 0 saturated carbocycles. The van der Waals surface area contributed by atoms with Gasteiger partial charge in [-0.15, -0.1) is 12.3 Å². The Morgan fingerprint density at radius 1 is 1.47 bits per heavy atom. The second kappa shape index (κ2) is 6.48. The van der Waals surface area contributed by atoms with Crippen molar-refractivity contribution < 1.29 is 9.31 Å². The molecule has 0 spiro atoms. The van der Waals surface area contributed by atoms with Crippen LogP contribution in [0.25, 0.3) is 0 Å². The Balaban J connectivity index is 2.59. The number of anilines is 1. The molecule has 1 aromatic rings. The summed E-state index contributed by atoms with van der Waals surface area (Å²) in [5.41, 5.74) is 0.0825. The third-order valence-electron chi connectivity index (χ3n) is 2.22. The first-order chi connectivity index (χ1) is 8.15. The number of nitrogens with one attached hydrogen (secondary N) is 1. The molecule has 0 aromatic heterocycles. The number of benzene rings is 1. The van der Waals surface area contributed by atoms with Gasteiger partial charge in [0.1, 0.15) is 11.5 Å². The molecule has 1 aromatic carbocycles. The fourth-order valence-electron chi connectivity index (χ4n) is 1.38. The van der Waals surface area contributed by atoms with E-state index in [1.807, 2.05) is 0 Å². The van der Waals surface area contributed by atoms with Gasteiger partial charge < -0.3 is 5.32 Å². The number of nitro benzene ring substituents is 1. The number of rotatable bonds is 6. The van der Waals surface area contributed by atoms with Gasteiger partial charge >= 0.3 is 0 Å². The van der Waals surface area contributed by atoms with Gasteiger partial charge in [-0.1, -0.05) is 0 Å². The Labute approximate surface area is 99.0 Å². The fourth-order valence-corrected chi connectivity index (χ4v) is 1.38. The lowest BCUT2D eigenvalue weighted by molar-refractivity contribution is -0.384. The molecule has 0 aliphatic carbocycles. The maximum atomic E-state index is 12.8. The number of hydrogen-bond acceptors (Lipinski definition) is 3. The summed E-state index contributed by atoms with van der Waals surface area (Å²) >= 11 is 0. The molecule has 0 amide bonds. The zero-order valence-corrected chi connectivity index (χ0v) is 9.28. The van der Waals surface area contributed by atoms with Gasteiger partial charge in [0, 0.05) is 13.0 Å². The molecule has 0 aliphatic heterocycles. The molecule has 0 radical (unpaired) electrons. The summed E-state index contributed by atoms with van der Waals surface area (Å²) in [7, 11) is 0. The van der Waals surface area contributed by atoms with Crippen LogP contribution < -0.4 is 5.32 Å². The molecule has 90 valence electrons. The van der Waals surface area contributed by atoms with Crippen LogP contribution in [0.4, 0.5) is 15.8 Å². The minimum atomic E-state index is -0.616. The second-order valence-corrected chi connectivity index (χ2v) is 3.51. The number of unbranched alkanes of at least 4 members (excludes halogenated alkanes) is 2. The minimum absolute atomic E-state index is 0.248. The number of nitro groups is 1. The van der Waals surface area contributed by atoms with Crippen molar-refractivity contribution in [1.82, 2.24) is 0 Å². The maximum absolute atomic E-state index is 12.8. The largest absolute Gasteiger partial charge is 0.379 e. The van der Waals surface area contributed by atoms with E-state index in [2.05, 4.69) is 11.2 Å². The van der Waals surface area contributed by atoms with Crippen molar-refractivity contribution in [2.24, 2.45) is 0 Å². The summed E-state index contributed by atoms with van der Waals surface area (Å²) < 4.78 is 12.8.